The third-order valence-corrected chi connectivity index (χ3v) is 16.5. The molecular weight excluding hydrogens is 1190 g/mol. The lowest BCUT2D eigenvalue weighted by Crippen LogP contribution is -2.69. The number of nitrogens with two attached hydrogens (primary N) is 1. The Morgan fingerprint density at radius 2 is 1.17 bits per heavy atom. The van der Waals surface area contributed by atoms with Crippen molar-refractivity contribution < 1.29 is 122 Å². The van der Waals surface area contributed by atoms with Gasteiger partial charge in [0, 0.05) is 26.9 Å². The third kappa shape index (κ3) is 17.8. The second-order valence-corrected chi connectivity index (χ2v) is 23.1. The van der Waals surface area contributed by atoms with Crippen LogP contribution in [0.2, 0.25) is 0 Å². The molecule has 0 saturated carbocycles. The van der Waals surface area contributed by atoms with Crippen LogP contribution in [-0.4, -0.2) is 320 Å². The number of aliphatic hydroxyl groups is 9. The van der Waals surface area contributed by atoms with Gasteiger partial charge in [-0.2, -0.15) is 0 Å². The molecule has 14 unspecified atom stereocenters. The van der Waals surface area contributed by atoms with Gasteiger partial charge in [0.25, 0.3) is 0 Å². The van der Waals surface area contributed by atoms with Crippen LogP contribution in [0.25, 0.3) is 0 Å². The van der Waals surface area contributed by atoms with Crippen LogP contribution in [0.4, 0.5) is 0 Å². The maximum atomic E-state index is 14.8. The van der Waals surface area contributed by atoms with E-state index in [1.807, 2.05) is 0 Å². The van der Waals surface area contributed by atoms with E-state index in [1.54, 1.807) is 11.9 Å². The molecule has 504 valence electrons. The molecule has 6 aliphatic rings. The number of primary amides is 1. The highest BCUT2D eigenvalue weighted by Gasteiger charge is 2.54. The lowest BCUT2D eigenvalue weighted by atomic mass is 9.94. The molecule has 89 heavy (non-hydrogen) atoms. The molecule has 0 spiro atoms. The van der Waals surface area contributed by atoms with E-state index >= 15 is 0 Å². The average molecular weight is 1280 g/mol. The zero-order chi connectivity index (χ0) is 65.9. The minimum absolute atomic E-state index is 0.0200. The molecule has 0 radical (unpaired) electrons. The summed E-state index contributed by atoms with van der Waals surface area (Å²) in [6.07, 6.45) is -23.7. The Hall–Kier alpha value is -5.94. The third-order valence-electron chi connectivity index (χ3n) is 16.5. The van der Waals surface area contributed by atoms with E-state index in [0.29, 0.717) is 25.8 Å². The summed E-state index contributed by atoms with van der Waals surface area (Å²) in [4.78, 5) is 138. The van der Waals surface area contributed by atoms with Crippen molar-refractivity contribution in [3.8, 4) is 0 Å². The van der Waals surface area contributed by atoms with Gasteiger partial charge in [0.2, 0.25) is 59.1 Å². The van der Waals surface area contributed by atoms with Gasteiger partial charge < -0.3 is 127 Å². The average Bonchev–Trinajstić information content (AvgIpc) is 2.27. The first-order chi connectivity index (χ1) is 42.0. The van der Waals surface area contributed by atoms with E-state index in [4.69, 9.17) is 34.2 Å². The maximum Gasteiger partial charge on any atom is 0.246 e. The molecular formula is C53H87N11O25. The predicted molar refractivity (Wildman–Crippen MR) is 296 cm³/mol. The Balaban J connectivity index is 1.31. The van der Waals surface area contributed by atoms with Crippen LogP contribution in [0.15, 0.2) is 0 Å². The minimum Gasteiger partial charge on any atom is -0.394 e. The van der Waals surface area contributed by atoms with Crippen molar-refractivity contribution in [3.05, 3.63) is 0 Å². The summed E-state index contributed by atoms with van der Waals surface area (Å²) in [5, 5.41) is 114. The molecule has 6 saturated heterocycles. The number of likely N-dealkylation sites (N-methyl/N-ethyl adjacent to an activating group) is 1. The Kier molecular flexibility index (Phi) is 26.2. The fraction of sp³-hybridized carbons (Fsp3) is 0.811. The highest BCUT2D eigenvalue weighted by atomic mass is 16.7. The van der Waals surface area contributed by atoms with Crippen LogP contribution in [0.5, 0.6) is 0 Å². The number of aliphatic hydroxyl groups excluding tert-OH is 9. The fourth-order valence-electron chi connectivity index (χ4n) is 11.5. The summed E-state index contributed by atoms with van der Waals surface area (Å²) in [6.45, 7) is 2.28. The molecule has 10 amide bonds. The van der Waals surface area contributed by atoms with Crippen molar-refractivity contribution in [3.63, 3.8) is 0 Å². The van der Waals surface area contributed by atoms with Gasteiger partial charge in [-0.25, -0.2) is 0 Å². The van der Waals surface area contributed by atoms with E-state index in [-0.39, 0.29) is 25.9 Å². The molecule has 0 aromatic carbocycles. The SMILES string of the molecule is CC(=O)N[C@@H]1C(O)[C@@H](O)C(CO)O[C@H]1OCC1O[C@@H](OC(C)C(NC(=O)C(CO)NC(=O)CNC(=O)C2CCCN2C)C(=O)NC(C)C(=O)N2CCCC2C(=O)N2CCCC2C(=O)NC(C)C(N)=O)[C@H](NC(C)=O)C(O[C@@H]2OC(CO)[C@H](O)C(O)[C@H]2O)[C@H]1O. The number of likely N-dealkylation sites (tertiary alicyclic amines) is 3. The van der Waals surface area contributed by atoms with Crippen molar-refractivity contribution >= 4 is 59.1 Å². The van der Waals surface area contributed by atoms with E-state index in [9.17, 15) is 93.9 Å². The van der Waals surface area contributed by atoms with Gasteiger partial charge in [0.15, 0.2) is 18.9 Å². The van der Waals surface area contributed by atoms with E-state index in [1.165, 1.54) is 30.6 Å². The minimum atomic E-state index is -2.12. The number of carbonyl (C=O) groups is 10. The highest BCUT2D eigenvalue weighted by molar-refractivity contribution is 5.98. The second kappa shape index (κ2) is 32.4. The molecule has 0 bridgehead atoms. The van der Waals surface area contributed by atoms with Gasteiger partial charge in [-0.3, -0.25) is 52.8 Å². The van der Waals surface area contributed by atoms with Gasteiger partial charge >= 0.3 is 0 Å². The summed E-state index contributed by atoms with van der Waals surface area (Å²) in [5.41, 5.74) is 5.34. The molecule has 6 heterocycles. The Morgan fingerprint density at radius 3 is 1.76 bits per heavy atom. The molecule has 36 heteroatoms. The molecule has 0 aromatic heterocycles. The van der Waals surface area contributed by atoms with Crippen molar-refractivity contribution in [1.82, 2.24) is 51.9 Å². The Labute approximate surface area is 511 Å². The fourth-order valence-corrected chi connectivity index (χ4v) is 11.5. The second-order valence-electron chi connectivity index (χ2n) is 23.1. The van der Waals surface area contributed by atoms with Crippen molar-refractivity contribution in [2.45, 2.75) is 214 Å². The van der Waals surface area contributed by atoms with Gasteiger partial charge in [-0.05, 0) is 72.9 Å². The number of ether oxygens (including phenoxy) is 6. The topological polar surface area (TPSA) is 528 Å². The molecule has 0 aliphatic carbocycles. The van der Waals surface area contributed by atoms with Crippen molar-refractivity contribution in [1.29, 1.82) is 0 Å². The van der Waals surface area contributed by atoms with Gasteiger partial charge in [0.05, 0.1) is 45.1 Å². The molecule has 0 aromatic rings. The van der Waals surface area contributed by atoms with Crippen LogP contribution >= 0.6 is 0 Å². The smallest absolute Gasteiger partial charge is 0.246 e. The van der Waals surface area contributed by atoms with Crippen molar-refractivity contribution in [2.75, 3.05) is 59.7 Å². The Bertz CT molecular complexity index is 2510. The monoisotopic (exact) mass is 1280 g/mol. The number of nitrogens with one attached hydrogen (secondary N) is 7. The number of hydrogen-bond donors (Lipinski definition) is 17. The van der Waals surface area contributed by atoms with Crippen LogP contribution in [-0.2, 0) is 76.4 Å². The number of hydrogen-bond acceptors (Lipinski definition) is 26. The van der Waals surface area contributed by atoms with E-state index in [0.717, 1.165) is 20.3 Å². The summed E-state index contributed by atoms with van der Waals surface area (Å²) < 4.78 is 35.8. The molecule has 6 rings (SSSR count). The first kappa shape index (κ1) is 72.1. The number of nitrogens with zero attached hydrogens (tertiary/aromatic N) is 3. The highest BCUT2D eigenvalue weighted by Crippen LogP contribution is 2.33. The molecule has 36 nitrogen and oxygen atoms in total. The van der Waals surface area contributed by atoms with Crippen LogP contribution in [0, 0.1) is 0 Å². The predicted octanol–water partition coefficient (Wildman–Crippen LogP) is -11.2. The normalized spacial score (nSPS) is 34.0. The van der Waals surface area contributed by atoms with Crippen molar-refractivity contribution in [2.24, 2.45) is 5.73 Å². The zero-order valence-electron chi connectivity index (χ0n) is 50.2. The number of amides is 10. The molecule has 6 aliphatic heterocycles. The first-order valence-corrected chi connectivity index (χ1v) is 29.5. The van der Waals surface area contributed by atoms with Gasteiger partial charge in [0.1, 0.15) is 109 Å². The number of rotatable bonds is 26. The van der Waals surface area contributed by atoms with Crippen LogP contribution in [0.3, 0.4) is 0 Å². The molecule has 18 N–H and O–H groups in total. The number of carbonyl (C=O) groups excluding carboxylic acids is 10. The lowest BCUT2D eigenvalue weighted by Gasteiger charge is -2.48. The van der Waals surface area contributed by atoms with E-state index < -0.39 is 232 Å². The van der Waals surface area contributed by atoms with E-state index in [2.05, 4.69) is 37.2 Å². The molecule has 23 atom stereocenters. The zero-order valence-corrected chi connectivity index (χ0v) is 50.2. The molecule has 6 fully saturated rings. The van der Waals surface area contributed by atoms with Gasteiger partial charge in [-0.15, -0.1) is 0 Å². The summed E-state index contributed by atoms with van der Waals surface area (Å²) in [5.74, 6) is -8.31. The maximum absolute atomic E-state index is 14.8. The first-order valence-electron chi connectivity index (χ1n) is 29.5. The largest absolute Gasteiger partial charge is 0.394 e. The standard InChI is InChI=1S/C53H87N11O25/c1-21(44(54)77)56-47(80)28-11-8-14-63(28)50(83)29-12-9-15-64(29)49(82)22(2)57-48(81)34(61-45(78)26(17-65)60-33(70)16-55-46(79)27-10-7-13-62(27)6)23(3)85-52-36(59-25(5)69)43(89-53-42(76)41(75)38(72)31(19-67)87-53)39(73)32(88-52)20-84-51-35(58-24(4)68)40(74)37(71)30(18-66)86-51/h21-23,26-32,34-43,51-53,65-67,71-76H,7-20H2,1-6H3,(H2,54,77)(H,55,79)(H,56,80)(H,57,81)(H,58,68)(H,59,69)(H,60,70)(H,61,78)/t21?,22?,23?,26?,27?,28?,29?,30?,31?,32?,34?,35-,36-,37+,38+,39+,40?,41?,42-,43?,51-,52-,53+/m1/s1. The van der Waals surface area contributed by atoms with Gasteiger partial charge in [-0.1, -0.05) is 0 Å². The lowest BCUT2D eigenvalue weighted by molar-refractivity contribution is -0.352. The van der Waals surface area contributed by atoms with Crippen LogP contribution < -0.4 is 43.0 Å². The summed E-state index contributed by atoms with van der Waals surface area (Å²) in [7, 11) is 1.73. The Morgan fingerprint density at radius 1 is 0.596 bits per heavy atom. The summed E-state index contributed by atoms with van der Waals surface area (Å²) >= 11 is 0. The summed E-state index contributed by atoms with van der Waals surface area (Å²) in [6, 6.07) is -12.4. The quantitative estimate of drug-likeness (QED) is 0.0382. The van der Waals surface area contributed by atoms with Crippen LogP contribution in [0.1, 0.15) is 73.1 Å².